The first-order valence-corrected chi connectivity index (χ1v) is 11.4. The molecule has 0 saturated carbocycles. The highest BCUT2D eigenvalue weighted by molar-refractivity contribution is 7.20. The number of anilines is 2. The van der Waals surface area contributed by atoms with Crippen molar-refractivity contribution in [2.75, 3.05) is 10.7 Å². The molecule has 2 N–H and O–H groups in total. The smallest absolute Gasteiger partial charge is 0.292 e. The molecular weight excluding hydrogens is 432 g/mol. The van der Waals surface area contributed by atoms with Crippen LogP contribution in [0.15, 0.2) is 76.4 Å². The summed E-state index contributed by atoms with van der Waals surface area (Å²) in [5.41, 5.74) is 8.08. The molecule has 0 unspecified atom stereocenters. The number of aromatic nitrogens is 1. The van der Waals surface area contributed by atoms with Crippen molar-refractivity contribution in [2.45, 2.75) is 33.1 Å². The van der Waals surface area contributed by atoms with E-state index in [1.807, 2.05) is 43.3 Å². The lowest BCUT2D eigenvalue weighted by molar-refractivity contribution is 0.0997. The molecule has 4 rings (SSSR count). The van der Waals surface area contributed by atoms with Gasteiger partial charge < -0.3 is 9.73 Å². The zero-order chi connectivity index (χ0) is 23.4. The number of carbonyl (C=O) groups is 1. The van der Waals surface area contributed by atoms with Crippen LogP contribution in [0.1, 0.15) is 48.0 Å². The van der Waals surface area contributed by atoms with E-state index in [-0.39, 0.29) is 17.1 Å². The molecule has 0 bridgehead atoms. The first kappa shape index (κ1) is 22.5. The molecule has 0 saturated heterocycles. The lowest BCUT2D eigenvalue weighted by Gasteiger charge is -2.18. The largest absolute Gasteiger partial charge is 0.459 e. The number of furan rings is 1. The predicted molar refractivity (Wildman–Crippen MR) is 135 cm³/mol. The van der Waals surface area contributed by atoms with Gasteiger partial charge in [0.2, 0.25) is 5.13 Å². The second kappa shape index (κ2) is 9.42. The van der Waals surface area contributed by atoms with E-state index in [4.69, 9.17) is 4.42 Å². The normalized spacial score (nSPS) is 11.6. The number of hydrazone groups is 1. The van der Waals surface area contributed by atoms with Crippen molar-refractivity contribution < 1.29 is 9.21 Å². The lowest BCUT2D eigenvalue weighted by atomic mass is 9.87. The van der Waals surface area contributed by atoms with Crippen LogP contribution in [0.4, 0.5) is 10.1 Å². The number of nitrogens with one attached hydrogen (secondary N) is 2. The fourth-order valence-corrected chi connectivity index (χ4v) is 4.00. The maximum atomic E-state index is 12.5. The van der Waals surface area contributed by atoms with E-state index in [0.29, 0.717) is 15.8 Å². The Balaban J connectivity index is 1.54. The molecule has 1 amide bonds. The van der Waals surface area contributed by atoms with Crippen LogP contribution in [0.3, 0.4) is 0 Å². The number of aryl methyl sites for hydroxylation is 1. The van der Waals surface area contributed by atoms with E-state index in [9.17, 15) is 4.79 Å². The number of amides is 1. The minimum Gasteiger partial charge on any atom is -0.459 e. The van der Waals surface area contributed by atoms with Crippen molar-refractivity contribution >= 4 is 33.6 Å². The van der Waals surface area contributed by atoms with Gasteiger partial charge in [0.05, 0.1) is 12.5 Å². The van der Waals surface area contributed by atoms with E-state index >= 15 is 0 Å². The maximum Gasteiger partial charge on any atom is 0.292 e. The minimum atomic E-state index is -0.328. The molecule has 0 aliphatic carbocycles. The Bertz CT molecular complexity index is 1250. The second-order valence-electron chi connectivity index (χ2n) is 8.74. The van der Waals surface area contributed by atoms with Crippen LogP contribution in [0, 0.1) is 6.92 Å². The molecule has 0 radical (unpaired) electrons. The van der Waals surface area contributed by atoms with Crippen LogP contribution in [0.2, 0.25) is 0 Å². The molecular formula is C26H26N4O2S. The summed E-state index contributed by atoms with van der Waals surface area (Å²) in [6.07, 6.45) is 3.22. The summed E-state index contributed by atoms with van der Waals surface area (Å²) in [7, 11) is 0. The number of hydrogen-bond acceptors (Lipinski definition) is 6. The fraction of sp³-hybridized carbons (Fsp3) is 0.192. The van der Waals surface area contributed by atoms with Gasteiger partial charge in [-0.25, -0.2) is 4.98 Å². The zero-order valence-corrected chi connectivity index (χ0v) is 19.9. The third kappa shape index (κ3) is 5.56. The van der Waals surface area contributed by atoms with E-state index in [0.717, 1.165) is 16.7 Å². The van der Waals surface area contributed by atoms with Crippen LogP contribution in [0.5, 0.6) is 0 Å². The van der Waals surface area contributed by atoms with Gasteiger partial charge in [-0.2, -0.15) is 5.10 Å². The van der Waals surface area contributed by atoms with Gasteiger partial charge in [0.1, 0.15) is 10.7 Å². The maximum absolute atomic E-state index is 12.5. The van der Waals surface area contributed by atoms with Crippen LogP contribution in [-0.4, -0.2) is 17.1 Å². The first-order chi connectivity index (χ1) is 15.8. The summed E-state index contributed by atoms with van der Waals surface area (Å²) in [6, 6.07) is 19.6. The van der Waals surface area contributed by atoms with E-state index < -0.39 is 0 Å². The van der Waals surface area contributed by atoms with E-state index in [1.54, 1.807) is 18.3 Å². The Labute approximate surface area is 197 Å². The Kier molecular flexibility index (Phi) is 6.42. The number of nitrogens with zero attached hydrogens (tertiary/aromatic N) is 2. The van der Waals surface area contributed by atoms with Crippen LogP contribution in [0.25, 0.3) is 11.3 Å². The number of carbonyl (C=O) groups excluding carboxylic acids is 1. The SMILES string of the molecule is Cc1ccc(-c2nc(N/N=C\c3ccc(C(C)(C)C)cc3)sc2NC(=O)c2ccco2)cc1. The molecule has 0 aliphatic heterocycles. The van der Waals surface area contributed by atoms with Gasteiger partial charge in [-0.05, 0) is 35.6 Å². The zero-order valence-electron chi connectivity index (χ0n) is 19.0. The van der Waals surface area contributed by atoms with Gasteiger partial charge >= 0.3 is 0 Å². The Morgan fingerprint density at radius 3 is 2.42 bits per heavy atom. The summed E-state index contributed by atoms with van der Waals surface area (Å²) in [4.78, 5) is 17.2. The third-order valence-corrected chi connectivity index (χ3v) is 5.95. The highest BCUT2D eigenvalue weighted by Crippen LogP contribution is 2.36. The quantitative estimate of drug-likeness (QED) is 0.249. The molecule has 0 spiro atoms. The van der Waals surface area contributed by atoms with Gasteiger partial charge in [-0.1, -0.05) is 86.2 Å². The van der Waals surface area contributed by atoms with Crippen molar-refractivity contribution in [3.05, 3.63) is 89.4 Å². The highest BCUT2D eigenvalue weighted by Gasteiger charge is 2.18. The standard InChI is InChI=1S/C26H26N4O2S/c1-17-7-11-19(12-8-17)22-24(29-23(31)21-6-5-15-32-21)33-25(28-22)30-27-16-18-9-13-20(14-10-18)26(2,3)4/h5-16H,1-4H3,(H,28,30)(H,29,31)/b27-16-. The first-order valence-electron chi connectivity index (χ1n) is 10.6. The average Bonchev–Trinajstić information content (AvgIpc) is 3.45. The van der Waals surface area contributed by atoms with Gasteiger partial charge in [0.25, 0.3) is 5.91 Å². The average molecular weight is 459 g/mol. The molecule has 0 aliphatic rings. The molecule has 7 heteroatoms. The Morgan fingerprint density at radius 1 is 1.06 bits per heavy atom. The van der Waals surface area contributed by atoms with Gasteiger partial charge in [-0.15, -0.1) is 0 Å². The molecule has 0 atom stereocenters. The summed E-state index contributed by atoms with van der Waals surface area (Å²) in [5, 5.41) is 8.43. The summed E-state index contributed by atoms with van der Waals surface area (Å²) >= 11 is 1.32. The summed E-state index contributed by atoms with van der Waals surface area (Å²) < 4.78 is 5.21. The van der Waals surface area contributed by atoms with Crippen molar-refractivity contribution in [1.82, 2.24) is 4.98 Å². The third-order valence-electron chi connectivity index (χ3n) is 5.07. The molecule has 6 nitrogen and oxygen atoms in total. The molecule has 2 heterocycles. The topological polar surface area (TPSA) is 79.5 Å². The van der Waals surface area contributed by atoms with Crippen molar-refractivity contribution in [1.29, 1.82) is 0 Å². The van der Waals surface area contributed by atoms with Crippen molar-refractivity contribution in [3.63, 3.8) is 0 Å². The highest BCUT2D eigenvalue weighted by atomic mass is 32.1. The number of rotatable bonds is 6. The van der Waals surface area contributed by atoms with Gasteiger partial charge in [-0.3, -0.25) is 10.2 Å². The second-order valence-corrected chi connectivity index (χ2v) is 9.74. The summed E-state index contributed by atoms with van der Waals surface area (Å²) in [6.45, 7) is 8.59. The molecule has 0 fully saturated rings. The number of hydrogen-bond donors (Lipinski definition) is 2. The predicted octanol–water partition coefficient (Wildman–Crippen LogP) is 6.71. The van der Waals surface area contributed by atoms with Gasteiger partial charge in [0.15, 0.2) is 5.76 Å². The fourth-order valence-electron chi connectivity index (χ4n) is 3.16. The van der Waals surface area contributed by atoms with Gasteiger partial charge in [0, 0.05) is 5.56 Å². The monoisotopic (exact) mass is 458 g/mol. The number of benzene rings is 2. The summed E-state index contributed by atoms with van der Waals surface area (Å²) in [5.74, 6) is -0.0875. The minimum absolute atomic E-state index is 0.109. The molecule has 4 aromatic rings. The van der Waals surface area contributed by atoms with Crippen molar-refractivity contribution in [3.8, 4) is 11.3 Å². The molecule has 2 aromatic heterocycles. The Morgan fingerprint density at radius 2 is 1.79 bits per heavy atom. The Hall–Kier alpha value is -3.71. The van der Waals surface area contributed by atoms with Crippen molar-refractivity contribution in [2.24, 2.45) is 5.10 Å². The van der Waals surface area contributed by atoms with Crippen LogP contribution < -0.4 is 10.7 Å². The van der Waals surface area contributed by atoms with Crippen LogP contribution >= 0.6 is 11.3 Å². The van der Waals surface area contributed by atoms with E-state index in [1.165, 1.54) is 23.2 Å². The molecule has 168 valence electrons. The molecule has 33 heavy (non-hydrogen) atoms. The number of thiazole rings is 1. The molecule has 2 aromatic carbocycles. The van der Waals surface area contributed by atoms with Crippen LogP contribution in [-0.2, 0) is 5.41 Å². The lowest BCUT2D eigenvalue weighted by Crippen LogP contribution is -2.10. The van der Waals surface area contributed by atoms with E-state index in [2.05, 4.69) is 53.7 Å².